The zero-order chi connectivity index (χ0) is 22.1. The van der Waals surface area contributed by atoms with E-state index in [0.717, 1.165) is 22.0 Å². The number of carbonyl (C=O) groups is 1. The summed E-state index contributed by atoms with van der Waals surface area (Å²) in [5.41, 5.74) is 5.22. The number of amides is 1. The first-order valence-electron chi connectivity index (χ1n) is 10.3. The normalized spacial score (nSPS) is 11.1. The van der Waals surface area contributed by atoms with Gasteiger partial charge in [0, 0.05) is 36.5 Å². The van der Waals surface area contributed by atoms with Crippen molar-refractivity contribution in [3.8, 4) is 11.3 Å². The van der Waals surface area contributed by atoms with Crippen molar-refractivity contribution in [1.82, 2.24) is 24.5 Å². The number of hydrogen-bond donors (Lipinski definition) is 1. The third-order valence-corrected chi connectivity index (χ3v) is 5.27. The highest BCUT2D eigenvalue weighted by Crippen LogP contribution is 2.25. The summed E-state index contributed by atoms with van der Waals surface area (Å²) in [5.74, 6) is 0.279. The molecule has 5 rings (SSSR count). The van der Waals surface area contributed by atoms with Gasteiger partial charge in [-0.2, -0.15) is 10.2 Å². The van der Waals surface area contributed by atoms with E-state index in [9.17, 15) is 4.79 Å². The van der Waals surface area contributed by atoms with Crippen molar-refractivity contribution < 1.29 is 4.79 Å². The summed E-state index contributed by atoms with van der Waals surface area (Å²) in [6.45, 7) is 2.71. The number of carbonyl (C=O) groups excluding carboxylic acids is 1. The molecule has 0 fully saturated rings. The fraction of sp³-hybridized carbons (Fsp3) is 0.120. The molecule has 32 heavy (non-hydrogen) atoms. The second-order valence-corrected chi connectivity index (χ2v) is 7.82. The molecular formula is C25H22N6O. The lowest BCUT2D eigenvalue weighted by molar-refractivity contribution is 0.102. The number of para-hydroxylation sites is 1. The van der Waals surface area contributed by atoms with E-state index in [1.54, 1.807) is 23.0 Å². The van der Waals surface area contributed by atoms with Crippen molar-refractivity contribution in [1.29, 1.82) is 0 Å². The third-order valence-electron chi connectivity index (χ3n) is 5.27. The smallest absolute Gasteiger partial charge is 0.257 e. The molecule has 0 aliphatic heterocycles. The molecule has 0 unspecified atom stereocenters. The first kappa shape index (κ1) is 19.7. The Morgan fingerprint density at radius 2 is 1.94 bits per heavy atom. The van der Waals surface area contributed by atoms with Crippen LogP contribution < -0.4 is 5.32 Å². The SMILES string of the molecule is Cc1cccc(Cn2ccc(NC(=O)c3cc(-c4cnn(C)c4)nc4ccccc34)n2)c1. The molecule has 1 amide bonds. The number of hydrogen-bond acceptors (Lipinski definition) is 4. The molecule has 158 valence electrons. The van der Waals surface area contributed by atoms with Gasteiger partial charge in [-0.1, -0.05) is 48.0 Å². The van der Waals surface area contributed by atoms with Gasteiger partial charge in [0.05, 0.1) is 29.5 Å². The van der Waals surface area contributed by atoms with Crippen molar-refractivity contribution in [2.75, 3.05) is 5.32 Å². The Hall–Kier alpha value is -4.26. The molecule has 0 bridgehead atoms. The molecule has 0 saturated heterocycles. The van der Waals surface area contributed by atoms with Gasteiger partial charge in [-0.3, -0.25) is 14.2 Å². The van der Waals surface area contributed by atoms with Gasteiger partial charge in [0.2, 0.25) is 0 Å². The highest BCUT2D eigenvalue weighted by Gasteiger charge is 2.16. The molecule has 0 radical (unpaired) electrons. The molecule has 7 heteroatoms. The molecule has 0 aliphatic rings. The number of nitrogens with zero attached hydrogens (tertiary/aromatic N) is 5. The maximum atomic E-state index is 13.2. The van der Waals surface area contributed by atoms with Gasteiger partial charge in [-0.05, 0) is 24.6 Å². The number of aromatic nitrogens is 5. The second kappa shape index (κ2) is 8.11. The summed E-state index contributed by atoms with van der Waals surface area (Å²) in [5, 5.41) is 12.5. The second-order valence-electron chi connectivity index (χ2n) is 7.82. The minimum absolute atomic E-state index is 0.227. The lowest BCUT2D eigenvalue weighted by Gasteiger charge is -2.09. The minimum Gasteiger partial charge on any atom is -0.305 e. The minimum atomic E-state index is -0.227. The quantitative estimate of drug-likeness (QED) is 0.454. The number of nitrogens with one attached hydrogen (secondary N) is 1. The standard InChI is InChI=1S/C25H22N6O/c1-17-6-5-7-18(12-17)15-31-11-10-24(29-31)28-25(32)21-13-23(19-14-26-30(2)16-19)27-22-9-4-3-8-20(21)22/h3-14,16H,15H2,1-2H3,(H,28,29,32). The average Bonchev–Trinajstić information content (AvgIpc) is 3.41. The Morgan fingerprint density at radius 3 is 2.75 bits per heavy atom. The van der Waals surface area contributed by atoms with Gasteiger partial charge >= 0.3 is 0 Å². The Bertz CT molecular complexity index is 1430. The number of aryl methyl sites for hydroxylation is 2. The topological polar surface area (TPSA) is 77.6 Å². The molecule has 0 spiro atoms. The fourth-order valence-corrected chi connectivity index (χ4v) is 3.76. The molecule has 2 aromatic carbocycles. The van der Waals surface area contributed by atoms with Crippen LogP contribution in [0.4, 0.5) is 5.82 Å². The van der Waals surface area contributed by atoms with Crippen molar-refractivity contribution in [2.24, 2.45) is 7.05 Å². The summed E-state index contributed by atoms with van der Waals surface area (Å²) >= 11 is 0. The van der Waals surface area contributed by atoms with Crippen molar-refractivity contribution >= 4 is 22.6 Å². The van der Waals surface area contributed by atoms with Crippen LogP contribution >= 0.6 is 0 Å². The summed E-state index contributed by atoms with van der Waals surface area (Å²) in [4.78, 5) is 17.9. The molecule has 1 N–H and O–H groups in total. The van der Waals surface area contributed by atoms with Gasteiger partial charge in [-0.25, -0.2) is 4.98 Å². The molecule has 5 aromatic rings. The van der Waals surface area contributed by atoms with Crippen molar-refractivity contribution in [3.05, 3.63) is 95.9 Å². The molecular weight excluding hydrogens is 400 g/mol. The molecule has 0 atom stereocenters. The van der Waals surface area contributed by atoms with Crippen molar-refractivity contribution in [2.45, 2.75) is 13.5 Å². The fourth-order valence-electron chi connectivity index (χ4n) is 3.76. The zero-order valence-electron chi connectivity index (χ0n) is 17.9. The van der Waals surface area contributed by atoms with Crippen LogP contribution in [0.5, 0.6) is 0 Å². The van der Waals surface area contributed by atoms with Crippen LogP contribution in [0.3, 0.4) is 0 Å². The van der Waals surface area contributed by atoms with E-state index in [-0.39, 0.29) is 5.91 Å². The lowest BCUT2D eigenvalue weighted by atomic mass is 10.0. The van der Waals surface area contributed by atoms with E-state index in [4.69, 9.17) is 4.98 Å². The molecule has 0 aliphatic carbocycles. The Morgan fingerprint density at radius 1 is 1.06 bits per heavy atom. The van der Waals surface area contributed by atoms with Crippen LogP contribution in [0.25, 0.3) is 22.2 Å². The van der Waals surface area contributed by atoms with Crippen molar-refractivity contribution in [3.63, 3.8) is 0 Å². The largest absolute Gasteiger partial charge is 0.305 e. The van der Waals surface area contributed by atoms with Gasteiger partial charge in [0.25, 0.3) is 5.91 Å². The van der Waals surface area contributed by atoms with Gasteiger partial charge in [-0.15, -0.1) is 0 Å². The van der Waals surface area contributed by atoms with Crippen LogP contribution in [0, 0.1) is 6.92 Å². The number of fused-ring (bicyclic) bond motifs is 1. The van der Waals surface area contributed by atoms with Crippen LogP contribution in [0.2, 0.25) is 0 Å². The Balaban J connectivity index is 1.43. The van der Waals surface area contributed by atoms with E-state index < -0.39 is 0 Å². The lowest BCUT2D eigenvalue weighted by Crippen LogP contribution is -2.14. The highest BCUT2D eigenvalue weighted by molar-refractivity contribution is 6.12. The number of pyridine rings is 1. The zero-order valence-corrected chi connectivity index (χ0v) is 17.9. The van der Waals surface area contributed by atoms with E-state index in [0.29, 0.717) is 23.6 Å². The Labute approximate surface area is 185 Å². The maximum Gasteiger partial charge on any atom is 0.257 e. The van der Waals surface area contributed by atoms with Crippen LogP contribution in [0.15, 0.2) is 79.3 Å². The van der Waals surface area contributed by atoms with Crippen LogP contribution in [-0.4, -0.2) is 30.5 Å². The number of anilines is 1. The maximum absolute atomic E-state index is 13.2. The first-order chi connectivity index (χ1) is 15.5. The van der Waals surface area contributed by atoms with Gasteiger partial charge in [0.1, 0.15) is 0 Å². The number of benzene rings is 2. The predicted molar refractivity (Wildman–Crippen MR) is 124 cm³/mol. The summed E-state index contributed by atoms with van der Waals surface area (Å²) in [6.07, 6.45) is 5.49. The molecule has 3 heterocycles. The first-order valence-corrected chi connectivity index (χ1v) is 10.3. The van der Waals surface area contributed by atoms with Gasteiger partial charge < -0.3 is 5.32 Å². The Kier molecular flexibility index (Phi) is 4.99. The van der Waals surface area contributed by atoms with Crippen LogP contribution in [0.1, 0.15) is 21.5 Å². The molecule has 0 saturated carbocycles. The summed E-state index contributed by atoms with van der Waals surface area (Å²) < 4.78 is 3.53. The third kappa shape index (κ3) is 4.00. The van der Waals surface area contributed by atoms with E-state index in [2.05, 4.69) is 40.6 Å². The highest BCUT2D eigenvalue weighted by atomic mass is 16.1. The van der Waals surface area contributed by atoms with E-state index >= 15 is 0 Å². The predicted octanol–water partition coefficient (Wildman–Crippen LogP) is 4.44. The summed E-state index contributed by atoms with van der Waals surface area (Å²) in [7, 11) is 1.85. The van der Waals surface area contributed by atoms with E-state index in [1.807, 2.05) is 54.5 Å². The van der Waals surface area contributed by atoms with E-state index in [1.165, 1.54) is 5.56 Å². The van der Waals surface area contributed by atoms with Gasteiger partial charge in [0.15, 0.2) is 5.82 Å². The monoisotopic (exact) mass is 422 g/mol. The molecule has 3 aromatic heterocycles. The average molecular weight is 422 g/mol. The van der Waals surface area contributed by atoms with Crippen LogP contribution in [-0.2, 0) is 13.6 Å². The molecule has 7 nitrogen and oxygen atoms in total. The number of rotatable bonds is 5. The summed E-state index contributed by atoms with van der Waals surface area (Å²) in [6, 6.07) is 19.5.